The Hall–Kier alpha value is -5.74. The first-order valence-corrected chi connectivity index (χ1v) is 17.6. The lowest BCUT2D eigenvalue weighted by Gasteiger charge is -2.28. The number of benzene rings is 2. The van der Waals surface area contributed by atoms with Gasteiger partial charge in [0.05, 0.1) is 4.92 Å². The number of nitro benzene ring substituents is 1. The van der Waals surface area contributed by atoms with Crippen molar-refractivity contribution in [1.82, 2.24) is 26.6 Å². The maximum atomic E-state index is 13.9. The molecule has 0 spiro atoms. The average Bonchev–Trinajstić information content (AvgIpc) is 3.06. The summed E-state index contributed by atoms with van der Waals surface area (Å²) in [5.74, 6) is -3.89. The van der Waals surface area contributed by atoms with Gasteiger partial charge in [-0.25, -0.2) is 4.79 Å². The fourth-order valence-corrected chi connectivity index (χ4v) is 4.98. The molecule has 5 atom stereocenters. The van der Waals surface area contributed by atoms with Crippen LogP contribution in [-0.4, -0.2) is 81.5 Å². The molecule has 0 aromatic heterocycles. The first-order chi connectivity index (χ1) is 25.1. The van der Waals surface area contributed by atoms with Gasteiger partial charge in [-0.05, 0) is 82.7 Å². The maximum absolute atomic E-state index is 13.9. The number of nitrogens with one attached hydrogen (secondary N) is 6. The predicted molar refractivity (Wildman–Crippen MR) is 200 cm³/mol. The predicted octanol–water partition coefficient (Wildman–Crippen LogP) is 3.06. The van der Waals surface area contributed by atoms with Crippen molar-refractivity contribution in [2.75, 3.05) is 5.32 Å². The molecule has 0 fully saturated rings. The van der Waals surface area contributed by atoms with Crippen LogP contribution in [0.2, 0.25) is 0 Å². The minimum Gasteiger partial charge on any atom is -0.508 e. The number of rotatable bonds is 17. The van der Waals surface area contributed by atoms with E-state index in [1.165, 1.54) is 50.2 Å². The Kier molecular flexibility index (Phi) is 16.4. The zero-order chi connectivity index (χ0) is 40.9. The number of phenols is 1. The Morgan fingerprint density at radius 2 is 1.22 bits per heavy atom. The largest absolute Gasteiger partial charge is 0.508 e. The van der Waals surface area contributed by atoms with Gasteiger partial charge >= 0.3 is 6.09 Å². The lowest BCUT2D eigenvalue weighted by Crippen LogP contribution is -2.59. The third kappa shape index (κ3) is 15.1. The highest BCUT2D eigenvalue weighted by Crippen LogP contribution is 2.17. The molecule has 2 rings (SSSR count). The third-order valence-corrected chi connectivity index (χ3v) is 7.82. The zero-order valence-electron chi connectivity index (χ0n) is 32.1. The lowest BCUT2D eigenvalue weighted by molar-refractivity contribution is -0.384. The topological polar surface area (TPSA) is 247 Å². The van der Waals surface area contributed by atoms with Crippen LogP contribution in [0.1, 0.15) is 74.3 Å². The van der Waals surface area contributed by atoms with E-state index in [1.807, 2.05) is 13.8 Å². The van der Waals surface area contributed by atoms with Gasteiger partial charge in [0.15, 0.2) is 0 Å². The van der Waals surface area contributed by atoms with Crippen LogP contribution in [0.15, 0.2) is 48.5 Å². The van der Waals surface area contributed by atoms with Crippen LogP contribution in [-0.2, 0) is 35.1 Å². The molecule has 0 aliphatic rings. The van der Waals surface area contributed by atoms with Crippen molar-refractivity contribution in [1.29, 1.82) is 0 Å². The van der Waals surface area contributed by atoms with Crippen molar-refractivity contribution < 1.29 is 43.5 Å². The molecule has 0 aliphatic heterocycles. The number of nitro groups is 1. The van der Waals surface area contributed by atoms with Gasteiger partial charge in [-0.1, -0.05) is 39.8 Å². The standard InChI is InChI=1S/C37H53N7O10/c1-20(2)18-28(34(49)43-30(21(3)4)35(50)40-25-12-14-26(15-13-25)44(52)53)42-33(48)29(19-24-10-16-27(45)17-11-24)41-32(47)22(5)38-31(46)23(6)39-36(51)54-37(7,8)9/h10-17,20-23,28-30,45H,18-19H2,1-9H3,(H,38,46)(H,39,51)(H,40,50)(H,41,47)(H,42,48)(H,43,49)/t22-,23-,28-,29-,30-/m0/s1. The second-order valence-electron chi connectivity index (χ2n) is 14.7. The maximum Gasteiger partial charge on any atom is 0.408 e. The molecule has 6 amide bonds. The first kappa shape index (κ1) is 44.4. The number of alkyl carbamates (subject to hydrolysis) is 1. The molecular formula is C37H53N7O10. The van der Waals surface area contributed by atoms with Crippen molar-refractivity contribution in [2.45, 2.75) is 111 Å². The number of amides is 6. The van der Waals surface area contributed by atoms with Crippen LogP contribution in [0, 0.1) is 22.0 Å². The summed E-state index contributed by atoms with van der Waals surface area (Å²) in [6.45, 7) is 14.9. The summed E-state index contributed by atoms with van der Waals surface area (Å²) in [5, 5.41) is 36.4. The first-order valence-electron chi connectivity index (χ1n) is 17.6. The van der Waals surface area contributed by atoms with Crippen LogP contribution in [0.4, 0.5) is 16.2 Å². The molecule has 0 unspecified atom stereocenters. The highest BCUT2D eigenvalue weighted by molar-refractivity contribution is 5.99. The third-order valence-electron chi connectivity index (χ3n) is 7.82. The minimum atomic E-state index is -1.26. The van der Waals surface area contributed by atoms with Gasteiger partial charge in [-0.3, -0.25) is 34.1 Å². The number of ether oxygens (including phenoxy) is 1. The Morgan fingerprint density at radius 1 is 0.704 bits per heavy atom. The smallest absolute Gasteiger partial charge is 0.408 e. The van der Waals surface area contributed by atoms with Crippen LogP contribution < -0.4 is 31.9 Å². The van der Waals surface area contributed by atoms with Crippen molar-refractivity contribution >= 4 is 47.0 Å². The molecule has 2 aromatic carbocycles. The highest BCUT2D eigenvalue weighted by Gasteiger charge is 2.33. The Morgan fingerprint density at radius 3 is 1.74 bits per heavy atom. The number of non-ortho nitro benzene ring substituents is 1. The van der Waals surface area contributed by atoms with E-state index in [9.17, 15) is 44.0 Å². The van der Waals surface area contributed by atoms with Gasteiger partial charge in [-0.15, -0.1) is 0 Å². The Bertz CT molecular complexity index is 1640. The molecule has 17 nitrogen and oxygen atoms in total. The van der Waals surface area contributed by atoms with Crippen LogP contribution >= 0.6 is 0 Å². The van der Waals surface area contributed by atoms with Gasteiger partial charge in [0.25, 0.3) is 5.69 Å². The summed E-state index contributed by atoms with van der Waals surface area (Å²) in [6.07, 6.45) is -0.712. The molecular weight excluding hydrogens is 702 g/mol. The summed E-state index contributed by atoms with van der Waals surface area (Å²) < 4.78 is 5.17. The lowest BCUT2D eigenvalue weighted by atomic mass is 9.99. The number of hydrogen-bond donors (Lipinski definition) is 7. The van der Waals surface area contributed by atoms with Gasteiger partial charge in [-0.2, -0.15) is 0 Å². The molecule has 7 N–H and O–H groups in total. The van der Waals surface area contributed by atoms with Crippen LogP contribution in [0.3, 0.4) is 0 Å². The molecule has 54 heavy (non-hydrogen) atoms. The molecule has 0 bridgehead atoms. The van der Waals surface area contributed by atoms with E-state index in [-0.39, 0.29) is 35.9 Å². The Balaban J connectivity index is 2.24. The molecule has 17 heteroatoms. The number of hydrogen-bond acceptors (Lipinski definition) is 10. The van der Waals surface area contributed by atoms with Crippen LogP contribution in [0.25, 0.3) is 0 Å². The minimum absolute atomic E-state index is 0.0137. The number of carbonyl (C=O) groups excluding carboxylic acids is 6. The Labute approximate surface area is 314 Å². The summed E-state index contributed by atoms with van der Waals surface area (Å²) >= 11 is 0. The molecule has 0 saturated carbocycles. The van der Waals surface area contributed by atoms with E-state index in [2.05, 4.69) is 31.9 Å². The van der Waals surface area contributed by atoms with Crippen LogP contribution in [0.5, 0.6) is 5.75 Å². The number of anilines is 1. The second kappa shape index (κ2) is 19.9. The molecule has 296 valence electrons. The van der Waals surface area contributed by atoms with E-state index in [4.69, 9.17) is 4.74 Å². The van der Waals surface area contributed by atoms with E-state index in [1.54, 1.807) is 46.8 Å². The summed E-state index contributed by atoms with van der Waals surface area (Å²) in [5.41, 5.74) is -0.107. The highest BCUT2D eigenvalue weighted by atomic mass is 16.6. The second-order valence-corrected chi connectivity index (χ2v) is 14.7. The summed E-state index contributed by atoms with van der Waals surface area (Å²) in [4.78, 5) is 89.5. The summed E-state index contributed by atoms with van der Waals surface area (Å²) in [7, 11) is 0. The summed E-state index contributed by atoms with van der Waals surface area (Å²) in [6, 6.07) is 5.49. The SMILES string of the molecule is CC(C)C[C@H](NC(=O)[C@H](Cc1ccc(O)cc1)NC(=O)[C@H](C)NC(=O)[C@H](C)NC(=O)OC(C)(C)C)C(=O)N[C@H](C(=O)Nc1ccc([N+](=O)[O-])cc1)C(C)C. The van der Waals surface area contributed by atoms with E-state index < -0.39 is 82.3 Å². The zero-order valence-corrected chi connectivity index (χ0v) is 32.1. The quantitative estimate of drug-likeness (QED) is 0.0919. The fraction of sp³-hybridized carbons (Fsp3) is 0.514. The van der Waals surface area contributed by atoms with Gasteiger partial charge < -0.3 is 41.7 Å². The number of carbonyl (C=O) groups is 6. The number of phenolic OH excluding ortho intramolecular Hbond substituents is 1. The van der Waals surface area contributed by atoms with E-state index in [0.717, 1.165) is 0 Å². The van der Waals surface area contributed by atoms with Crippen molar-refractivity contribution in [3.05, 3.63) is 64.2 Å². The molecule has 0 saturated heterocycles. The molecule has 0 aliphatic carbocycles. The van der Waals surface area contributed by atoms with Gasteiger partial charge in [0.1, 0.15) is 41.6 Å². The molecule has 0 radical (unpaired) electrons. The van der Waals surface area contributed by atoms with Crippen molar-refractivity contribution in [2.24, 2.45) is 11.8 Å². The van der Waals surface area contributed by atoms with Gasteiger partial charge in [0.2, 0.25) is 29.5 Å². The fourth-order valence-electron chi connectivity index (χ4n) is 4.98. The average molecular weight is 756 g/mol. The van der Waals surface area contributed by atoms with E-state index in [0.29, 0.717) is 5.56 Å². The normalized spacial score (nSPS) is 14.1. The van der Waals surface area contributed by atoms with E-state index >= 15 is 0 Å². The van der Waals surface area contributed by atoms with Crippen molar-refractivity contribution in [3.63, 3.8) is 0 Å². The number of aromatic hydroxyl groups is 1. The monoisotopic (exact) mass is 755 g/mol. The molecule has 2 aromatic rings. The van der Waals surface area contributed by atoms with Gasteiger partial charge in [0, 0.05) is 24.2 Å². The molecule has 0 heterocycles. The number of nitrogens with zero attached hydrogens (tertiary/aromatic N) is 1. The van der Waals surface area contributed by atoms with Crippen molar-refractivity contribution in [3.8, 4) is 5.75 Å².